The van der Waals surface area contributed by atoms with Gasteiger partial charge in [-0.1, -0.05) is 5.16 Å². The highest BCUT2D eigenvalue weighted by Crippen LogP contribution is 2.29. The number of hydrogen-bond acceptors (Lipinski definition) is 7. The number of halogens is 4. The standard InChI is InChI=1S/C19H17F4N5O2/c20-14-8-13(4-5-15(14)29-19(21,22)23)26-16-6-3-11(10-25-16)17-27-18(30-28-17)12-2-1-7-24-9-12/h3-6,8,10,12,24H,1-2,7,9H2,(H,25,26)/t12-/m1/s1. The summed E-state index contributed by atoms with van der Waals surface area (Å²) in [7, 11) is 0. The molecule has 11 heteroatoms. The van der Waals surface area contributed by atoms with E-state index in [4.69, 9.17) is 4.52 Å². The van der Waals surface area contributed by atoms with E-state index in [2.05, 4.69) is 30.5 Å². The van der Waals surface area contributed by atoms with E-state index in [-0.39, 0.29) is 11.6 Å². The molecular weight excluding hydrogens is 406 g/mol. The molecular formula is C19H17F4N5O2. The summed E-state index contributed by atoms with van der Waals surface area (Å²) in [5.74, 6) is -0.510. The normalized spacial score (nSPS) is 17.0. The van der Waals surface area contributed by atoms with Crippen LogP contribution in [-0.4, -0.2) is 34.6 Å². The Labute approximate surface area is 168 Å². The van der Waals surface area contributed by atoms with Crippen LogP contribution in [0.3, 0.4) is 0 Å². The van der Waals surface area contributed by atoms with Gasteiger partial charge in [0, 0.05) is 30.1 Å². The number of alkyl halides is 3. The Balaban J connectivity index is 1.43. The van der Waals surface area contributed by atoms with Crippen LogP contribution in [0.2, 0.25) is 0 Å². The first-order valence-electron chi connectivity index (χ1n) is 9.20. The molecule has 1 aromatic carbocycles. The van der Waals surface area contributed by atoms with Crippen molar-refractivity contribution in [2.45, 2.75) is 25.1 Å². The third-order valence-corrected chi connectivity index (χ3v) is 4.54. The number of anilines is 2. The lowest BCUT2D eigenvalue weighted by atomic mass is 10.00. The van der Waals surface area contributed by atoms with E-state index in [1.165, 1.54) is 12.3 Å². The Hall–Kier alpha value is -3.21. The van der Waals surface area contributed by atoms with Gasteiger partial charge < -0.3 is 19.9 Å². The number of nitrogens with one attached hydrogen (secondary N) is 2. The zero-order chi connectivity index (χ0) is 21.1. The predicted molar refractivity (Wildman–Crippen MR) is 98.7 cm³/mol. The molecule has 7 nitrogen and oxygen atoms in total. The van der Waals surface area contributed by atoms with Crippen LogP contribution < -0.4 is 15.4 Å². The lowest BCUT2D eigenvalue weighted by Crippen LogP contribution is -2.28. The zero-order valence-electron chi connectivity index (χ0n) is 15.5. The number of ether oxygens (including phenoxy) is 1. The number of nitrogens with zero attached hydrogens (tertiary/aromatic N) is 3. The largest absolute Gasteiger partial charge is 0.573 e. The summed E-state index contributed by atoms with van der Waals surface area (Å²) in [6.45, 7) is 1.78. The molecule has 1 fully saturated rings. The van der Waals surface area contributed by atoms with Gasteiger partial charge in [-0.25, -0.2) is 9.37 Å². The van der Waals surface area contributed by atoms with E-state index in [0.717, 1.165) is 38.1 Å². The number of pyridine rings is 1. The van der Waals surface area contributed by atoms with Crippen LogP contribution in [0, 0.1) is 5.82 Å². The Morgan fingerprint density at radius 1 is 1.20 bits per heavy atom. The number of benzene rings is 1. The summed E-state index contributed by atoms with van der Waals surface area (Å²) in [6.07, 6.45) is -1.41. The molecule has 2 N–H and O–H groups in total. The first kappa shape index (κ1) is 20.1. The van der Waals surface area contributed by atoms with Gasteiger partial charge in [0.15, 0.2) is 11.6 Å². The average molecular weight is 423 g/mol. The Bertz CT molecular complexity index is 1000. The van der Waals surface area contributed by atoms with E-state index in [1.807, 2.05) is 0 Å². The first-order chi connectivity index (χ1) is 14.4. The molecule has 1 saturated heterocycles. The van der Waals surface area contributed by atoms with Gasteiger partial charge >= 0.3 is 6.36 Å². The summed E-state index contributed by atoms with van der Waals surface area (Å²) in [5, 5.41) is 10.1. The highest BCUT2D eigenvalue weighted by molar-refractivity contribution is 5.61. The molecule has 3 aromatic rings. The topological polar surface area (TPSA) is 85.1 Å². The molecule has 0 amide bonds. The lowest BCUT2D eigenvalue weighted by molar-refractivity contribution is -0.275. The van der Waals surface area contributed by atoms with Crippen LogP contribution in [0.4, 0.5) is 29.1 Å². The quantitative estimate of drug-likeness (QED) is 0.589. The average Bonchev–Trinajstić information content (AvgIpc) is 3.21. The summed E-state index contributed by atoms with van der Waals surface area (Å²) in [5.41, 5.74) is 0.855. The summed E-state index contributed by atoms with van der Waals surface area (Å²) in [6, 6.07) is 6.36. The van der Waals surface area contributed by atoms with Crippen LogP contribution in [-0.2, 0) is 0 Å². The summed E-state index contributed by atoms with van der Waals surface area (Å²) in [4.78, 5) is 8.64. The summed E-state index contributed by atoms with van der Waals surface area (Å²) >= 11 is 0. The number of piperidine rings is 1. The van der Waals surface area contributed by atoms with Gasteiger partial charge in [0.1, 0.15) is 5.82 Å². The Morgan fingerprint density at radius 3 is 2.73 bits per heavy atom. The van der Waals surface area contributed by atoms with Crippen LogP contribution in [0.15, 0.2) is 41.1 Å². The van der Waals surface area contributed by atoms with Crippen molar-refractivity contribution in [2.75, 3.05) is 18.4 Å². The minimum Gasteiger partial charge on any atom is -0.403 e. The van der Waals surface area contributed by atoms with E-state index in [1.54, 1.807) is 12.1 Å². The second-order valence-corrected chi connectivity index (χ2v) is 6.75. The Kier molecular flexibility index (Phi) is 5.53. The minimum absolute atomic E-state index is 0.188. The van der Waals surface area contributed by atoms with E-state index in [0.29, 0.717) is 23.1 Å². The molecule has 0 saturated carbocycles. The molecule has 1 atom stereocenters. The molecule has 0 radical (unpaired) electrons. The van der Waals surface area contributed by atoms with Gasteiger partial charge in [-0.05, 0) is 43.7 Å². The van der Waals surface area contributed by atoms with Crippen molar-refractivity contribution < 1.29 is 26.8 Å². The molecule has 4 rings (SSSR count). The van der Waals surface area contributed by atoms with E-state index < -0.39 is 17.9 Å². The monoisotopic (exact) mass is 423 g/mol. The predicted octanol–water partition coefficient (Wildman–Crippen LogP) is 4.38. The summed E-state index contributed by atoms with van der Waals surface area (Å²) < 4.78 is 59.4. The fourth-order valence-electron chi connectivity index (χ4n) is 3.11. The number of hydrogen-bond donors (Lipinski definition) is 2. The Morgan fingerprint density at radius 2 is 2.07 bits per heavy atom. The van der Waals surface area contributed by atoms with Crippen LogP contribution in [0.25, 0.3) is 11.4 Å². The van der Waals surface area contributed by atoms with Crippen LogP contribution >= 0.6 is 0 Å². The highest BCUT2D eigenvalue weighted by Gasteiger charge is 2.32. The van der Waals surface area contributed by atoms with Crippen molar-refractivity contribution in [3.63, 3.8) is 0 Å². The van der Waals surface area contributed by atoms with Crippen molar-refractivity contribution in [3.8, 4) is 17.1 Å². The van der Waals surface area contributed by atoms with Crippen molar-refractivity contribution in [3.05, 3.63) is 48.2 Å². The molecule has 30 heavy (non-hydrogen) atoms. The van der Waals surface area contributed by atoms with Gasteiger partial charge in [-0.15, -0.1) is 13.2 Å². The molecule has 1 aliphatic rings. The van der Waals surface area contributed by atoms with Crippen molar-refractivity contribution in [1.82, 2.24) is 20.4 Å². The van der Waals surface area contributed by atoms with Gasteiger partial charge in [0.05, 0.1) is 5.92 Å². The van der Waals surface area contributed by atoms with Crippen molar-refractivity contribution in [2.24, 2.45) is 0 Å². The van der Waals surface area contributed by atoms with Gasteiger partial charge in [-0.2, -0.15) is 4.98 Å². The molecule has 3 heterocycles. The first-order valence-corrected chi connectivity index (χ1v) is 9.20. The molecule has 1 aliphatic heterocycles. The third kappa shape index (κ3) is 4.85. The van der Waals surface area contributed by atoms with Gasteiger partial charge in [0.2, 0.25) is 11.7 Å². The van der Waals surface area contributed by atoms with Gasteiger partial charge in [0.25, 0.3) is 0 Å². The number of aromatic nitrogens is 3. The van der Waals surface area contributed by atoms with E-state index in [9.17, 15) is 17.6 Å². The molecule has 0 unspecified atom stereocenters. The minimum atomic E-state index is -4.96. The maximum Gasteiger partial charge on any atom is 0.573 e. The molecule has 0 spiro atoms. The van der Waals surface area contributed by atoms with Crippen molar-refractivity contribution >= 4 is 11.5 Å². The molecule has 0 bridgehead atoms. The molecule has 158 valence electrons. The second-order valence-electron chi connectivity index (χ2n) is 6.75. The lowest BCUT2D eigenvalue weighted by Gasteiger charge is -2.18. The molecule has 0 aliphatic carbocycles. The van der Waals surface area contributed by atoms with Crippen LogP contribution in [0.5, 0.6) is 5.75 Å². The third-order valence-electron chi connectivity index (χ3n) is 4.54. The zero-order valence-corrected chi connectivity index (χ0v) is 15.5. The number of rotatable bonds is 5. The maximum atomic E-state index is 13.8. The van der Waals surface area contributed by atoms with Crippen molar-refractivity contribution in [1.29, 1.82) is 0 Å². The maximum absolute atomic E-state index is 13.8. The SMILES string of the molecule is Fc1cc(Nc2ccc(-c3noc([C@@H]4CCCNC4)n3)cn2)ccc1OC(F)(F)F. The smallest absolute Gasteiger partial charge is 0.403 e. The van der Waals surface area contributed by atoms with E-state index >= 15 is 0 Å². The van der Waals surface area contributed by atoms with Gasteiger partial charge in [-0.3, -0.25) is 0 Å². The fourth-order valence-corrected chi connectivity index (χ4v) is 3.11. The highest BCUT2D eigenvalue weighted by atomic mass is 19.4. The second kappa shape index (κ2) is 8.27. The van der Waals surface area contributed by atoms with Crippen LogP contribution in [0.1, 0.15) is 24.7 Å². The molecule has 2 aromatic heterocycles. The fraction of sp³-hybridized carbons (Fsp3) is 0.316.